The molecule has 1 aromatic heterocycles. The van der Waals surface area contributed by atoms with Gasteiger partial charge < -0.3 is 14.5 Å². The average molecular weight is 279 g/mol. The maximum Gasteiger partial charge on any atom is 0.127 e. The Bertz CT molecular complexity index is 663. The third-order valence-electron chi connectivity index (χ3n) is 3.12. The van der Waals surface area contributed by atoms with Crippen LogP contribution in [0.1, 0.15) is 11.1 Å². The van der Waals surface area contributed by atoms with Crippen LogP contribution in [0, 0.1) is 0 Å². The summed E-state index contributed by atoms with van der Waals surface area (Å²) >= 11 is 0. The maximum absolute atomic E-state index is 5.83. The first-order chi connectivity index (χ1) is 10.4. The van der Waals surface area contributed by atoms with Gasteiger partial charge in [0.25, 0.3) is 0 Å². The van der Waals surface area contributed by atoms with Crippen molar-refractivity contribution in [2.75, 3.05) is 0 Å². The van der Waals surface area contributed by atoms with Crippen LogP contribution in [0.2, 0.25) is 0 Å². The van der Waals surface area contributed by atoms with Crippen LogP contribution in [0.3, 0.4) is 0 Å². The van der Waals surface area contributed by atoms with Crippen molar-refractivity contribution in [1.29, 1.82) is 0 Å². The van der Waals surface area contributed by atoms with Gasteiger partial charge in [-0.2, -0.15) is 0 Å². The predicted octanol–water partition coefficient (Wildman–Crippen LogP) is 4.36. The summed E-state index contributed by atoms with van der Waals surface area (Å²) in [6.07, 6.45) is 3.44. The van der Waals surface area contributed by atoms with E-state index < -0.39 is 0 Å². The molecule has 0 fully saturated rings. The van der Waals surface area contributed by atoms with Crippen molar-refractivity contribution in [3.05, 3.63) is 84.3 Å². The highest BCUT2D eigenvalue weighted by atomic mass is 16.5. The van der Waals surface area contributed by atoms with Crippen LogP contribution in [0.4, 0.5) is 0 Å². The highest BCUT2D eigenvalue weighted by Crippen LogP contribution is 2.21. The summed E-state index contributed by atoms with van der Waals surface area (Å²) in [5.41, 5.74) is 2.33. The van der Waals surface area contributed by atoms with Gasteiger partial charge in [-0.1, -0.05) is 30.3 Å². The number of ether oxygens (including phenoxy) is 1. The molecule has 106 valence electrons. The molecule has 3 heteroatoms. The summed E-state index contributed by atoms with van der Waals surface area (Å²) in [7, 11) is 0. The van der Waals surface area contributed by atoms with Crippen molar-refractivity contribution in [2.45, 2.75) is 13.1 Å². The van der Waals surface area contributed by atoms with E-state index in [-0.39, 0.29) is 0 Å². The lowest BCUT2D eigenvalue weighted by Gasteiger charge is -2.08. The SMILES string of the molecule is c1ccc(Oc2cccc(CNCc3ccoc3)c2)cc1. The second-order valence-electron chi connectivity index (χ2n) is 4.80. The van der Waals surface area contributed by atoms with E-state index in [0.29, 0.717) is 0 Å². The van der Waals surface area contributed by atoms with Crippen molar-refractivity contribution in [1.82, 2.24) is 5.32 Å². The maximum atomic E-state index is 5.83. The van der Waals surface area contributed by atoms with E-state index in [9.17, 15) is 0 Å². The van der Waals surface area contributed by atoms with Gasteiger partial charge in [0.15, 0.2) is 0 Å². The van der Waals surface area contributed by atoms with Gasteiger partial charge >= 0.3 is 0 Å². The highest BCUT2D eigenvalue weighted by molar-refractivity contribution is 5.33. The molecule has 3 rings (SSSR count). The summed E-state index contributed by atoms with van der Waals surface area (Å²) in [4.78, 5) is 0. The molecule has 0 bridgehead atoms. The number of hydrogen-bond donors (Lipinski definition) is 1. The van der Waals surface area contributed by atoms with E-state index in [1.165, 1.54) is 5.56 Å². The number of benzene rings is 2. The van der Waals surface area contributed by atoms with Crippen LogP contribution in [0.15, 0.2) is 77.6 Å². The highest BCUT2D eigenvalue weighted by Gasteiger charge is 1.99. The van der Waals surface area contributed by atoms with E-state index in [1.807, 2.05) is 48.5 Å². The standard InChI is InChI=1S/C18H17NO2/c1-2-6-17(7-3-1)21-18-8-4-5-15(11-18)12-19-13-16-9-10-20-14-16/h1-11,14,19H,12-13H2. The number of nitrogens with one attached hydrogen (secondary N) is 1. The Labute approximate surface area is 124 Å². The molecule has 0 amide bonds. The molecule has 2 aromatic carbocycles. The Balaban J connectivity index is 1.58. The Kier molecular flexibility index (Phi) is 4.34. The van der Waals surface area contributed by atoms with Crippen molar-refractivity contribution in [2.24, 2.45) is 0 Å². The van der Waals surface area contributed by atoms with Gasteiger partial charge in [0.05, 0.1) is 12.5 Å². The summed E-state index contributed by atoms with van der Waals surface area (Å²) in [5, 5.41) is 3.38. The molecule has 0 saturated heterocycles. The van der Waals surface area contributed by atoms with Gasteiger partial charge in [-0.3, -0.25) is 0 Å². The first-order valence-corrected chi connectivity index (χ1v) is 6.94. The fourth-order valence-corrected chi connectivity index (χ4v) is 2.09. The minimum Gasteiger partial charge on any atom is -0.472 e. The summed E-state index contributed by atoms with van der Waals surface area (Å²) < 4.78 is 10.9. The molecule has 0 aliphatic rings. The van der Waals surface area contributed by atoms with Crippen LogP contribution in [-0.4, -0.2) is 0 Å². The van der Waals surface area contributed by atoms with Gasteiger partial charge in [-0.05, 0) is 35.9 Å². The van der Waals surface area contributed by atoms with E-state index >= 15 is 0 Å². The number of furan rings is 1. The van der Waals surface area contributed by atoms with E-state index in [0.717, 1.165) is 30.2 Å². The molecule has 0 aliphatic heterocycles. The van der Waals surface area contributed by atoms with Crippen LogP contribution < -0.4 is 10.1 Å². The Morgan fingerprint density at radius 3 is 2.43 bits per heavy atom. The lowest BCUT2D eigenvalue weighted by molar-refractivity contribution is 0.481. The smallest absolute Gasteiger partial charge is 0.127 e. The van der Waals surface area contributed by atoms with Crippen LogP contribution in [0.5, 0.6) is 11.5 Å². The number of rotatable bonds is 6. The van der Waals surface area contributed by atoms with Crippen molar-refractivity contribution in [3.63, 3.8) is 0 Å². The van der Waals surface area contributed by atoms with Gasteiger partial charge in [0, 0.05) is 18.7 Å². The van der Waals surface area contributed by atoms with E-state index in [1.54, 1.807) is 12.5 Å². The zero-order valence-corrected chi connectivity index (χ0v) is 11.7. The fourth-order valence-electron chi connectivity index (χ4n) is 2.09. The van der Waals surface area contributed by atoms with E-state index in [4.69, 9.17) is 9.15 Å². The second kappa shape index (κ2) is 6.77. The fraction of sp³-hybridized carbons (Fsp3) is 0.111. The molecule has 0 atom stereocenters. The summed E-state index contributed by atoms with van der Waals surface area (Å²) in [5.74, 6) is 1.70. The molecule has 3 aromatic rings. The minimum atomic E-state index is 0.789. The van der Waals surface area contributed by atoms with Gasteiger partial charge in [0.2, 0.25) is 0 Å². The summed E-state index contributed by atoms with van der Waals surface area (Å²) in [6.45, 7) is 1.58. The molecule has 0 spiro atoms. The number of para-hydroxylation sites is 1. The van der Waals surface area contributed by atoms with Crippen LogP contribution in [0.25, 0.3) is 0 Å². The molecule has 0 saturated carbocycles. The average Bonchev–Trinajstić information content (AvgIpc) is 3.02. The molecule has 0 unspecified atom stereocenters. The molecule has 3 nitrogen and oxygen atoms in total. The van der Waals surface area contributed by atoms with Gasteiger partial charge in [-0.25, -0.2) is 0 Å². The Morgan fingerprint density at radius 1 is 0.810 bits per heavy atom. The molecular weight excluding hydrogens is 262 g/mol. The Morgan fingerprint density at radius 2 is 1.62 bits per heavy atom. The van der Waals surface area contributed by atoms with Crippen LogP contribution in [-0.2, 0) is 13.1 Å². The molecule has 1 N–H and O–H groups in total. The molecule has 0 aliphatic carbocycles. The lowest BCUT2D eigenvalue weighted by Crippen LogP contribution is -2.11. The molecule has 1 heterocycles. The quantitative estimate of drug-likeness (QED) is 0.728. The zero-order chi connectivity index (χ0) is 14.3. The Hall–Kier alpha value is -2.52. The van der Waals surface area contributed by atoms with Gasteiger partial charge in [0.1, 0.15) is 11.5 Å². The minimum absolute atomic E-state index is 0.789. The first-order valence-electron chi connectivity index (χ1n) is 6.94. The molecule has 21 heavy (non-hydrogen) atoms. The monoisotopic (exact) mass is 279 g/mol. The third-order valence-corrected chi connectivity index (χ3v) is 3.12. The van der Waals surface area contributed by atoms with Gasteiger partial charge in [-0.15, -0.1) is 0 Å². The lowest BCUT2D eigenvalue weighted by atomic mass is 10.2. The summed E-state index contributed by atoms with van der Waals surface area (Å²) in [6, 6.07) is 19.9. The predicted molar refractivity (Wildman–Crippen MR) is 82.2 cm³/mol. The molecular formula is C18H17NO2. The largest absolute Gasteiger partial charge is 0.472 e. The van der Waals surface area contributed by atoms with E-state index in [2.05, 4.69) is 17.4 Å². The first kappa shape index (κ1) is 13.5. The topological polar surface area (TPSA) is 34.4 Å². The van der Waals surface area contributed by atoms with Crippen molar-refractivity contribution >= 4 is 0 Å². The second-order valence-corrected chi connectivity index (χ2v) is 4.80. The zero-order valence-electron chi connectivity index (χ0n) is 11.7. The normalized spacial score (nSPS) is 10.5. The molecule has 0 radical (unpaired) electrons. The van der Waals surface area contributed by atoms with Crippen molar-refractivity contribution < 1.29 is 9.15 Å². The van der Waals surface area contributed by atoms with Crippen LogP contribution >= 0.6 is 0 Å². The third kappa shape index (κ3) is 3.97. The van der Waals surface area contributed by atoms with Crippen molar-refractivity contribution in [3.8, 4) is 11.5 Å². The number of hydrogen-bond acceptors (Lipinski definition) is 3.